The molecule has 0 unspecified atom stereocenters. The monoisotopic (exact) mass is 232 g/mol. The molecular weight excluding hydrogens is 220 g/mol. The second-order valence-electron chi connectivity index (χ2n) is 3.63. The molecule has 0 radical (unpaired) electrons. The van der Waals surface area contributed by atoms with Crippen LogP contribution in [0.1, 0.15) is 16.1 Å². The minimum Gasteiger partial charge on any atom is -0.364 e. The minimum absolute atomic E-state index is 0.177. The first-order valence-electron chi connectivity index (χ1n) is 4.97. The standard InChI is InChI=1S/C10H12N6O/c1-6-5-8(13-14-9(6)10(11)17)12-7-3-4-16(2)15-7/h3-5H,1-2H3,(H2,11,17)(H,12,13,15). The Morgan fingerprint density at radius 3 is 2.71 bits per heavy atom. The van der Waals surface area contributed by atoms with E-state index < -0.39 is 5.91 Å². The van der Waals surface area contributed by atoms with Crippen LogP contribution in [0.25, 0.3) is 0 Å². The van der Waals surface area contributed by atoms with Gasteiger partial charge >= 0.3 is 0 Å². The van der Waals surface area contributed by atoms with Crippen molar-refractivity contribution in [3.63, 3.8) is 0 Å². The highest BCUT2D eigenvalue weighted by Crippen LogP contribution is 2.13. The average Bonchev–Trinajstić information content (AvgIpc) is 2.63. The van der Waals surface area contributed by atoms with E-state index >= 15 is 0 Å². The number of hydrogen-bond acceptors (Lipinski definition) is 5. The Morgan fingerprint density at radius 2 is 2.18 bits per heavy atom. The van der Waals surface area contributed by atoms with Gasteiger partial charge in [0, 0.05) is 19.3 Å². The third-order valence-corrected chi connectivity index (χ3v) is 2.19. The number of aromatic nitrogens is 4. The normalized spacial score (nSPS) is 10.2. The Hall–Kier alpha value is -2.44. The van der Waals surface area contributed by atoms with Crippen molar-refractivity contribution in [3.05, 3.63) is 29.6 Å². The number of anilines is 2. The molecule has 0 aliphatic rings. The van der Waals surface area contributed by atoms with Gasteiger partial charge in [-0.1, -0.05) is 0 Å². The van der Waals surface area contributed by atoms with Crippen molar-refractivity contribution in [1.82, 2.24) is 20.0 Å². The van der Waals surface area contributed by atoms with Gasteiger partial charge in [-0.2, -0.15) is 5.10 Å². The summed E-state index contributed by atoms with van der Waals surface area (Å²) in [6.45, 7) is 1.75. The maximum Gasteiger partial charge on any atom is 0.269 e. The third kappa shape index (κ3) is 2.39. The molecule has 7 nitrogen and oxygen atoms in total. The van der Waals surface area contributed by atoms with E-state index in [4.69, 9.17) is 5.73 Å². The zero-order valence-electron chi connectivity index (χ0n) is 9.51. The molecule has 7 heteroatoms. The van der Waals surface area contributed by atoms with Gasteiger partial charge in [0.1, 0.15) is 0 Å². The number of nitrogens with one attached hydrogen (secondary N) is 1. The molecule has 17 heavy (non-hydrogen) atoms. The fraction of sp³-hybridized carbons (Fsp3) is 0.200. The van der Waals surface area contributed by atoms with Crippen LogP contribution in [0.15, 0.2) is 18.3 Å². The van der Waals surface area contributed by atoms with Gasteiger partial charge in [0.2, 0.25) is 0 Å². The van der Waals surface area contributed by atoms with Crippen LogP contribution < -0.4 is 11.1 Å². The summed E-state index contributed by atoms with van der Waals surface area (Å²) in [7, 11) is 1.82. The summed E-state index contributed by atoms with van der Waals surface area (Å²) in [6, 6.07) is 3.50. The van der Waals surface area contributed by atoms with Gasteiger partial charge in [0.05, 0.1) is 0 Å². The van der Waals surface area contributed by atoms with E-state index in [0.29, 0.717) is 17.2 Å². The lowest BCUT2D eigenvalue weighted by Crippen LogP contribution is -2.16. The predicted octanol–water partition coefficient (Wildman–Crippen LogP) is 0.361. The molecule has 0 aromatic carbocycles. The largest absolute Gasteiger partial charge is 0.364 e. The number of primary amides is 1. The maximum absolute atomic E-state index is 11.0. The molecule has 2 rings (SSSR count). The topological polar surface area (TPSA) is 98.7 Å². The van der Waals surface area contributed by atoms with Crippen LogP contribution in [0.3, 0.4) is 0 Å². The molecule has 0 saturated carbocycles. The fourth-order valence-electron chi connectivity index (χ4n) is 1.40. The Balaban J connectivity index is 2.23. The third-order valence-electron chi connectivity index (χ3n) is 2.19. The zero-order valence-corrected chi connectivity index (χ0v) is 9.51. The number of nitrogens with two attached hydrogens (primary N) is 1. The minimum atomic E-state index is -0.584. The molecule has 0 saturated heterocycles. The molecule has 0 bridgehead atoms. The van der Waals surface area contributed by atoms with E-state index in [1.807, 2.05) is 7.05 Å². The SMILES string of the molecule is Cc1cc(Nc2ccn(C)n2)nnc1C(N)=O. The molecule has 0 atom stereocenters. The van der Waals surface area contributed by atoms with Gasteiger partial charge in [0.25, 0.3) is 5.91 Å². The summed E-state index contributed by atoms with van der Waals surface area (Å²) in [6.07, 6.45) is 1.81. The number of carbonyl (C=O) groups is 1. The van der Waals surface area contributed by atoms with E-state index in [1.165, 1.54) is 0 Å². The number of nitrogens with zero attached hydrogens (tertiary/aromatic N) is 4. The lowest BCUT2D eigenvalue weighted by atomic mass is 10.2. The van der Waals surface area contributed by atoms with Gasteiger partial charge in [-0.05, 0) is 18.6 Å². The van der Waals surface area contributed by atoms with Crippen molar-refractivity contribution >= 4 is 17.5 Å². The summed E-state index contributed by atoms with van der Waals surface area (Å²) < 4.78 is 1.67. The first kappa shape index (κ1) is 11.1. The van der Waals surface area contributed by atoms with Crippen molar-refractivity contribution < 1.29 is 4.79 Å². The molecule has 0 spiro atoms. The first-order valence-corrected chi connectivity index (χ1v) is 4.97. The Kier molecular flexibility index (Phi) is 2.73. The van der Waals surface area contributed by atoms with E-state index in [9.17, 15) is 4.79 Å². The summed E-state index contributed by atoms with van der Waals surface area (Å²) in [5.74, 6) is 0.596. The van der Waals surface area contributed by atoms with Crippen molar-refractivity contribution in [1.29, 1.82) is 0 Å². The van der Waals surface area contributed by atoms with Gasteiger partial charge in [0.15, 0.2) is 17.3 Å². The van der Waals surface area contributed by atoms with Gasteiger partial charge in [-0.3, -0.25) is 9.48 Å². The average molecular weight is 232 g/mol. The van der Waals surface area contributed by atoms with Gasteiger partial charge in [-0.15, -0.1) is 10.2 Å². The van der Waals surface area contributed by atoms with Crippen LogP contribution in [-0.2, 0) is 7.05 Å². The van der Waals surface area contributed by atoms with E-state index in [-0.39, 0.29) is 5.69 Å². The van der Waals surface area contributed by atoms with Gasteiger partial charge in [-0.25, -0.2) is 0 Å². The number of amides is 1. The lowest BCUT2D eigenvalue weighted by molar-refractivity contribution is 0.0994. The predicted molar refractivity (Wildman–Crippen MR) is 61.8 cm³/mol. The second kappa shape index (κ2) is 4.20. The zero-order chi connectivity index (χ0) is 12.4. The van der Waals surface area contributed by atoms with Crippen LogP contribution in [0, 0.1) is 6.92 Å². The lowest BCUT2D eigenvalue weighted by Gasteiger charge is -2.04. The van der Waals surface area contributed by atoms with Crippen molar-refractivity contribution in [2.75, 3.05) is 5.32 Å². The molecule has 2 heterocycles. The van der Waals surface area contributed by atoms with Gasteiger partial charge < -0.3 is 11.1 Å². The summed E-state index contributed by atoms with van der Waals surface area (Å²) >= 11 is 0. The molecule has 2 aromatic heterocycles. The highest BCUT2D eigenvalue weighted by Gasteiger charge is 2.09. The Labute approximate surface area is 97.6 Å². The fourth-order valence-corrected chi connectivity index (χ4v) is 1.40. The van der Waals surface area contributed by atoms with Crippen molar-refractivity contribution in [2.45, 2.75) is 6.92 Å². The first-order chi connectivity index (χ1) is 8.06. The summed E-state index contributed by atoms with van der Waals surface area (Å²) in [5.41, 5.74) is 5.99. The number of hydrogen-bond donors (Lipinski definition) is 2. The molecule has 0 aliphatic carbocycles. The number of rotatable bonds is 3. The van der Waals surface area contributed by atoms with E-state index in [2.05, 4.69) is 20.6 Å². The van der Waals surface area contributed by atoms with Crippen molar-refractivity contribution in [2.24, 2.45) is 12.8 Å². The second-order valence-corrected chi connectivity index (χ2v) is 3.63. The summed E-state index contributed by atoms with van der Waals surface area (Å²) in [5, 5.41) is 14.7. The summed E-state index contributed by atoms with van der Waals surface area (Å²) in [4.78, 5) is 11.0. The Bertz CT molecular complexity index is 562. The van der Waals surface area contributed by atoms with Crippen LogP contribution in [0.4, 0.5) is 11.6 Å². The molecular formula is C10H12N6O. The molecule has 0 fully saturated rings. The highest BCUT2D eigenvalue weighted by atomic mass is 16.1. The highest BCUT2D eigenvalue weighted by molar-refractivity contribution is 5.92. The molecule has 1 amide bonds. The van der Waals surface area contributed by atoms with Crippen LogP contribution in [0.2, 0.25) is 0 Å². The quantitative estimate of drug-likeness (QED) is 0.796. The smallest absolute Gasteiger partial charge is 0.269 e. The number of carbonyl (C=O) groups excluding carboxylic acids is 1. The molecule has 2 aromatic rings. The Morgan fingerprint density at radius 1 is 1.41 bits per heavy atom. The van der Waals surface area contributed by atoms with Crippen LogP contribution >= 0.6 is 0 Å². The van der Waals surface area contributed by atoms with E-state index in [0.717, 1.165) is 0 Å². The van der Waals surface area contributed by atoms with Crippen LogP contribution in [0.5, 0.6) is 0 Å². The number of aryl methyl sites for hydroxylation is 2. The van der Waals surface area contributed by atoms with Crippen LogP contribution in [-0.4, -0.2) is 25.9 Å². The molecule has 88 valence electrons. The molecule has 0 aliphatic heterocycles. The maximum atomic E-state index is 11.0. The van der Waals surface area contributed by atoms with E-state index in [1.54, 1.807) is 29.9 Å². The molecule has 3 N–H and O–H groups in total. The van der Waals surface area contributed by atoms with Crippen molar-refractivity contribution in [3.8, 4) is 0 Å².